The third-order valence-electron chi connectivity index (χ3n) is 4.05. The zero-order chi connectivity index (χ0) is 16.1. The van der Waals surface area contributed by atoms with Crippen molar-refractivity contribution in [3.05, 3.63) is 35.1 Å². The maximum atomic E-state index is 11.9. The number of aromatic nitrogens is 3. The van der Waals surface area contributed by atoms with Crippen molar-refractivity contribution in [2.24, 2.45) is 0 Å². The standard InChI is InChI=1S/C16H19ClN4O2/c17-12-6-7-14(13(8-12)11-4-2-1-3-5-11)23-9-15(22)20-16-18-10-19-21-16/h6-8,10-11H,1-5,9H2,(H2,18,19,20,21,22). The fourth-order valence-corrected chi connectivity index (χ4v) is 3.14. The van der Waals surface area contributed by atoms with Crippen LogP contribution in [0, 0.1) is 0 Å². The molecule has 7 heteroatoms. The molecule has 1 fully saturated rings. The highest BCUT2D eigenvalue weighted by atomic mass is 35.5. The Bertz CT molecular complexity index is 654. The van der Waals surface area contributed by atoms with Crippen LogP contribution in [0.1, 0.15) is 43.6 Å². The number of nitrogens with zero attached hydrogens (tertiary/aromatic N) is 2. The minimum absolute atomic E-state index is 0.0813. The van der Waals surface area contributed by atoms with Gasteiger partial charge in [-0.1, -0.05) is 30.9 Å². The van der Waals surface area contributed by atoms with E-state index >= 15 is 0 Å². The van der Waals surface area contributed by atoms with E-state index in [1.165, 1.54) is 25.6 Å². The summed E-state index contributed by atoms with van der Waals surface area (Å²) in [7, 11) is 0. The molecule has 122 valence electrons. The molecule has 0 aliphatic heterocycles. The van der Waals surface area contributed by atoms with E-state index in [1.807, 2.05) is 12.1 Å². The molecule has 1 heterocycles. The predicted molar refractivity (Wildman–Crippen MR) is 87.8 cm³/mol. The molecule has 23 heavy (non-hydrogen) atoms. The van der Waals surface area contributed by atoms with Crippen LogP contribution in [0.3, 0.4) is 0 Å². The second-order valence-corrected chi connectivity index (χ2v) is 6.12. The molecule has 2 N–H and O–H groups in total. The van der Waals surface area contributed by atoms with Gasteiger partial charge in [-0.25, -0.2) is 5.10 Å². The second-order valence-electron chi connectivity index (χ2n) is 5.69. The predicted octanol–water partition coefficient (Wildman–Crippen LogP) is 3.52. The van der Waals surface area contributed by atoms with Crippen LogP contribution in [-0.2, 0) is 4.79 Å². The lowest BCUT2D eigenvalue weighted by atomic mass is 9.84. The van der Waals surface area contributed by atoms with Gasteiger partial charge in [0.25, 0.3) is 5.91 Å². The van der Waals surface area contributed by atoms with Gasteiger partial charge in [0.2, 0.25) is 5.95 Å². The highest BCUT2D eigenvalue weighted by Crippen LogP contribution is 2.38. The van der Waals surface area contributed by atoms with E-state index < -0.39 is 0 Å². The van der Waals surface area contributed by atoms with Crippen molar-refractivity contribution >= 4 is 23.5 Å². The number of anilines is 1. The molecule has 1 saturated carbocycles. The molecule has 0 atom stereocenters. The number of halogens is 1. The fourth-order valence-electron chi connectivity index (χ4n) is 2.96. The van der Waals surface area contributed by atoms with Crippen molar-refractivity contribution in [3.63, 3.8) is 0 Å². The van der Waals surface area contributed by atoms with E-state index in [-0.39, 0.29) is 12.5 Å². The van der Waals surface area contributed by atoms with Crippen LogP contribution >= 0.6 is 11.6 Å². The average Bonchev–Trinajstić information content (AvgIpc) is 3.07. The Hall–Kier alpha value is -2.08. The highest BCUT2D eigenvalue weighted by molar-refractivity contribution is 6.30. The zero-order valence-electron chi connectivity index (χ0n) is 12.7. The van der Waals surface area contributed by atoms with E-state index in [2.05, 4.69) is 20.5 Å². The number of H-pyrrole nitrogens is 1. The smallest absolute Gasteiger partial charge is 0.264 e. The molecule has 1 aliphatic rings. The Labute approximate surface area is 139 Å². The normalized spacial score (nSPS) is 15.3. The number of nitrogens with one attached hydrogen (secondary N) is 2. The first kappa shape index (κ1) is 15.8. The minimum Gasteiger partial charge on any atom is -0.483 e. The largest absolute Gasteiger partial charge is 0.483 e. The van der Waals surface area contributed by atoms with Gasteiger partial charge in [0.1, 0.15) is 12.1 Å². The monoisotopic (exact) mass is 334 g/mol. The lowest BCUT2D eigenvalue weighted by molar-refractivity contribution is -0.118. The van der Waals surface area contributed by atoms with Gasteiger partial charge >= 0.3 is 0 Å². The summed E-state index contributed by atoms with van der Waals surface area (Å²) >= 11 is 6.14. The second kappa shape index (κ2) is 7.46. The molecule has 3 rings (SSSR count). The summed E-state index contributed by atoms with van der Waals surface area (Å²) in [5.74, 6) is 1.21. The summed E-state index contributed by atoms with van der Waals surface area (Å²) < 4.78 is 5.72. The van der Waals surface area contributed by atoms with Crippen molar-refractivity contribution in [1.82, 2.24) is 15.2 Å². The summed E-state index contributed by atoms with van der Waals surface area (Å²) in [6.45, 7) is -0.0813. The van der Waals surface area contributed by atoms with E-state index in [0.717, 1.165) is 24.2 Å². The topological polar surface area (TPSA) is 79.9 Å². The van der Waals surface area contributed by atoms with Gasteiger partial charge in [0.15, 0.2) is 6.61 Å². The first-order chi connectivity index (χ1) is 11.2. The van der Waals surface area contributed by atoms with Gasteiger partial charge < -0.3 is 4.74 Å². The molecule has 6 nitrogen and oxygen atoms in total. The number of hydrogen-bond acceptors (Lipinski definition) is 4. The summed E-state index contributed by atoms with van der Waals surface area (Å²) in [6.07, 6.45) is 7.34. The molecule has 1 aromatic heterocycles. The summed E-state index contributed by atoms with van der Waals surface area (Å²) in [4.78, 5) is 15.7. The minimum atomic E-state index is -0.286. The van der Waals surface area contributed by atoms with Crippen molar-refractivity contribution in [3.8, 4) is 5.75 Å². The van der Waals surface area contributed by atoms with Crippen molar-refractivity contribution in [2.75, 3.05) is 11.9 Å². The van der Waals surface area contributed by atoms with Crippen LogP contribution < -0.4 is 10.1 Å². The third kappa shape index (κ3) is 4.22. The van der Waals surface area contributed by atoms with Crippen molar-refractivity contribution in [2.45, 2.75) is 38.0 Å². The third-order valence-corrected chi connectivity index (χ3v) is 4.28. The first-order valence-corrected chi connectivity index (χ1v) is 8.17. The molecule has 1 aliphatic carbocycles. The maximum absolute atomic E-state index is 11.9. The molecular weight excluding hydrogens is 316 g/mol. The van der Waals surface area contributed by atoms with Crippen LogP contribution in [0.25, 0.3) is 0 Å². The molecule has 1 aromatic carbocycles. The number of ether oxygens (including phenoxy) is 1. The Morgan fingerprint density at radius 2 is 2.17 bits per heavy atom. The first-order valence-electron chi connectivity index (χ1n) is 7.80. The molecule has 2 aromatic rings. The number of hydrogen-bond donors (Lipinski definition) is 2. The van der Waals surface area contributed by atoms with E-state index in [1.54, 1.807) is 6.07 Å². The summed E-state index contributed by atoms with van der Waals surface area (Å²) in [5.41, 5.74) is 1.10. The fraction of sp³-hybridized carbons (Fsp3) is 0.438. The molecule has 0 unspecified atom stereocenters. The van der Waals surface area contributed by atoms with Crippen LogP contribution in [0.4, 0.5) is 5.95 Å². The van der Waals surface area contributed by atoms with Gasteiger partial charge in [-0.05, 0) is 42.5 Å². The van der Waals surface area contributed by atoms with Gasteiger partial charge in [0.05, 0.1) is 0 Å². The molecule has 0 radical (unpaired) electrons. The number of carbonyl (C=O) groups is 1. The number of amides is 1. The zero-order valence-corrected chi connectivity index (χ0v) is 13.5. The summed E-state index contributed by atoms with van der Waals surface area (Å²) in [5, 5.41) is 9.52. The molecule has 0 saturated heterocycles. The maximum Gasteiger partial charge on any atom is 0.264 e. The SMILES string of the molecule is O=C(COc1ccc(Cl)cc1C1CCCCC1)Nc1ncn[nH]1. The highest BCUT2D eigenvalue weighted by Gasteiger charge is 2.20. The molecule has 0 spiro atoms. The van der Waals surface area contributed by atoms with Gasteiger partial charge in [-0.2, -0.15) is 10.1 Å². The van der Waals surface area contributed by atoms with Crippen LogP contribution in [-0.4, -0.2) is 27.7 Å². The Kier molecular flexibility index (Phi) is 5.12. The van der Waals surface area contributed by atoms with Crippen LogP contribution in [0.15, 0.2) is 24.5 Å². The Balaban J connectivity index is 1.65. The number of rotatable bonds is 5. The molecular formula is C16H19ClN4O2. The van der Waals surface area contributed by atoms with Crippen molar-refractivity contribution in [1.29, 1.82) is 0 Å². The van der Waals surface area contributed by atoms with Crippen LogP contribution in [0.2, 0.25) is 5.02 Å². The van der Waals surface area contributed by atoms with E-state index in [0.29, 0.717) is 16.9 Å². The Morgan fingerprint density at radius 1 is 1.35 bits per heavy atom. The molecule has 0 bridgehead atoms. The number of aromatic amines is 1. The van der Waals surface area contributed by atoms with Gasteiger partial charge in [-0.15, -0.1) is 0 Å². The lowest BCUT2D eigenvalue weighted by Crippen LogP contribution is -2.21. The average molecular weight is 335 g/mol. The summed E-state index contributed by atoms with van der Waals surface area (Å²) in [6, 6.07) is 5.59. The van der Waals surface area contributed by atoms with E-state index in [4.69, 9.17) is 16.3 Å². The quantitative estimate of drug-likeness (QED) is 0.876. The van der Waals surface area contributed by atoms with E-state index in [9.17, 15) is 4.79 Å². The Morgan fingerprint density at radius 3 is 2.91 bits per heavy atom. The number of benzene rings is 1. The molecule has 1 amide bonds. The van der Waals surface area contributed by atoms with Crippen molar-refractivity contribution < 1.29 is 9.53 Å². The number of carbonyl (C=O) groups excluding carboxylic acids is 1. The van der Waals surface area contributed by atoms with Crippen LogP contribution in [0.5, 0.6) is 5.75 Å². The lowest BCUT2D eigenvalue weighted by Gasteiger charge is -2.24. The van der Waals surface area contributed by atoms with Gasteiger partial charge in [0, 0.05) is 5.02 Å². The van der Waals surface area contributed by atoms with Gasteiger partial charge in [-0.3, -0.25) is 10.1 Å².